The molecule has 24 heavy (non-hydrogen) atoms. The lowest BCUT2D eigenvalue weighted by Gasteiger charge is -2.19. The summed E-state index contributed by atoms with van der Waals surface area (Å²) in [5.74, 6) is -8.97. The molecule has 0 aliphatic carbocycles. The van der Waals surface area contributed by atoms with Crippen molar-refractivity contribution >= 4 is 12.6 Å². The van der Waals surface area contributed by atoms with E-state index in [2.05, 4.69) is 9.39 Å². The molecular formula is C13H6BF7O3. The second kappa shape index (κ2) is 6.69. The van der Waals surface area contributed by atoms with Crippen molar-refractivity contribution < 1.29 is 45.1 Å². The van der Waals surface area contributed by atoms with E-state index >= 15 is 0 Å². The van der Waals surface area contributed by atoms with E-state index in [0.717, 1.165) is 0 Å². The van der Waals surface area contributed by atoms with Gasteiger partial charge >= 0.3 is 13.4 Å². The molecule has 128 valence electrons. The standard InChI is InChI=1S/C13H6BF7O3/c15-7-1-6(2-8(16)3-7)14(22)24-13(20,21)23-9-4-10(17)12(19)11(18)5-9/h1-5,22H. The van der Waals surface area contributed by atoms with Gasteiger partial charge in [-0.3, -0.25) is 0 Å². The highest BCUT2D eigenvalue weighted by atomic mass is 19.3. The highest BCUT2D eigenvalue weighted by Gasteiger charge is 2.40. The summed E-state index contributed by atoms with van der Waals surface area (Å²) in [5.41, 5.74) is -0.702. The summed E-state index contributed by atoms with van der Waals surface area (Å²) in [7, 11) is -2.53. The molecule has 0 aliphatic rings. The number of alkyl halides is 2. The van der Waals surface area contributed by atoms with Crippen molar-refractivity contribution in [3.63, 3.8) is 0 Å². The van der Waals surface area contributed by atoms with Crippen molar-refractivity contribution in [1.82, 2.24) is 0 Å². The van der Waals surface area contributed by atoms with Crippen LogP contribution in [0.2, 0.25) is 0 Å². The molecule has 2 aromatic rings. The van der Waals surface area contributed by atoms with Gasteiger partial charge in [-0.2, -0.15) is 0 Å². The molecule has 0 atom stereocenters. The average molecular weight is 354 g/mol. The second-order valence-corrected chi connectivity index (χ2v) is 4.44. The van der Waals surface area contributed by atoms with Gasteiger partial charge in [0.05, 0.1) is 0 Å². The first-order valence-electron chi connectivity index (χ1n) is 6.10. The van der Waals surface area contributed by atoms with E-state index < -0.39 is 53.7 Å². The molecule has 0 unspecified atom stereocenters. The van der Waals surface area contributed by atoms with Crippen molar-refractivity contribution in [1.29, 1.82) is 0 Å². The Hall–Kier alpha value is -2.27. The molecule has 2 rings (SSSR count). The smallest absolute Gasteiger partial charge is 0.423 e. The van der Waals surface area contributed by atoms with E-state index in [0.29, 0.717) is 18.2 Å². The number of halogens is 7. The molecule has 0 saturated carbocycles. The SMILES string of the molecule is OB(OC(F)(F)Oc1cc(F)c(F)c(F)c1)c1cc(F)cc(F)c1. The molecule has 0 heterocycles. The molecule has 2 aromatic carbocycles. The fourth-order valence-corrected chi connectivity index (χ4v) is 1.67. The maximum atomic E-state index is 13.5. The molecule has 0 radical (unpaired) electrons. The zero-order valence-electron chi connectivity index (χ0n) is 11.4. The highest BCUT2D eigenvalue weighted by Crippen LogP contribution is 2.26. The molecule has 0 aliphatic heterocycles. The summed E-state index contributed by atoms with van der Waals surface area (Å²) in [5, 5.41) is 9.41. The van der Waals surface area contributed by atoms with Crippen molar-refractivity contribution in [2.45, 2.75) is 6.29 Å². The Labute approximate surface area is 130 Å². The van der Waals surface area contributed by atoms with E-state index in [4.69, 9.17) is 0 Å². The van der Waals surface area contributed by atoms with Crippen LogP contribution in [-0.2, 0) is 4.65 Å². The van der Waals surface area contributed by atoms with Crippen LogP contribution in [0.1, 0.15) is 0 Å². The molecule has 0 amide bonds. The lowest BCUT2D eigenvalue weighted by Crippen LogP contribution is -2.43. The molecule has 1 N–H and O–H groups in total. The summed E-state index contributed by atoms with van der Waals surface area (Å²) in [6.45, 7) is 0. The summed E-state index contributed by atoms with van der Waals surface area (Å²) < 4.78 is 99.0. The maximum Gasteiger partial charge on any atom is 0.523 e. The van der Waals surface area contributed by atoms with E-state index in [-0.39, 0.29) is 12.1 Å². The van der Waals surface area contributed by atoms with Crippen LogP contribution in [0.3, 0.4) is 0 Å². The summed E-state index contributed by atoms with van der Waals surface area (Å²) in [4.78, 5) is 0. The van der Waals surface area contributed by atoms with Crippen LogP contribution < -0.4 is 10.2 Å². The van der Waals surface area contributed by atoms with Gasteiger partial charge in [0.1, 0.15) is 17.4 Å². The van der Waals surface area contributed by atoms with Crippen LogP contribution in [-0.4, -0.2) is 18.4 Å². The van der Waals surface area contributed by atoms with Crippen LogP contribution in [0.25, 0.3) is 0 Å². The summed E-state index contributed by atoms with van der Waals surface area (Å²) in [6, 6.07) is 1.69. The van der Waals surface area contributed by atoms with Gasteiger partial charge < -0.3 is 14.4 Å². The predicted octanol–water partition coefficient (Wildman–Crippen LogP) is 2.72. The van der Waals surface area contributed by atoms with Crippen molar-refractivity contribution in [2.24, 2.45) is 0 Å². The molecule has 0 spiro atoms. The number of hydrogen-bond acceptors (Lipinski definition) is 3. The van der Waals surface area contributed by atoms with E-state index in [1.54, 1.807) is 0 Å². The summed E-state index contributed by atoms with van der Waals surface area (Å²) in [6.07, 6.45) is -4.65. The zero-order valence-corrected chi connectivity index (χ0v) is 11.4. The van der Waals surface area contributed by atoms with Crippen LogP contribution in [0.4, 0.5) is 30.7 Å². The van der Waals surface area contributed by atoms with Gasteiger partial charge in [-0.1, -0.05) is 0 Å². The number of hydrogen-bond donors (Lipinski definition) is 1. The first-order valence-corrected chi connectivity index (χ1v) is 6.10. The minimum atomic E-state index is -4.65. The molecule has 0 fully saturated rings. The second-order valence-electron chi connectivity index (χ2n) is 4.44. The Kier molecular flexibility index (Phi) is 5.04. The Balaban J connectivity index is 2.15. The monoisotopic (exact) mass is 354 g/mol. The van der Waals surface area contributed by atoms with Crippen molar-refractivity contribution in [3.8, 4) is 5.75 Å². The maximum absolute atomic E-state index is 13.5. The minimum absolute atomic E-state index is 0.115. The van der Waals surface area contributed by atoms with Gasteiger partial charge in [-0.05, 0) is 17.6 Å². The molecule has 0 bridgehead atoms. The van der Waals surface area contributed by atoms with Crippen LogP contribution >= 0.6 is 0 Å². The lowest BCUT2D eigenvalue weighted by atomic mass is 9.79. The van der Waals surface area contributed by atoms with Crippen LogP contribution in [0, 0.1) is 29.1 Å². The molecule has 0 aromatic heterocycles. The molecular weight excluding hydrogens is 348 g/mol. The fraction of sp³-hybridized carbons (Fsp3) is 0.0769. The topological polar surface area (TPSA) is 38.7 Å². The van der Waals surface area contributed by atoms with Crippen LogP contribution in [0.15, 0.2) is 30.3 Å². The van der Waals surface area contributed by atoms with Crippen molar-refractivity contribution in [3.05, 3.63) is 59.4 Å². The number of ether oxygens (including phenoxy) is 1. The lowest BCUT2D eigenvalue weighted by molar-refractivity contribution is -0.315. The number of benzene rings is 2. The average Bonchev–Trinajstić information content (AvgIpc) is 2.42. The first-order chi connectivity index (χ1) is 11.1. The largest absolute Gasteiger partial charge is 0.523 e. The van der Waals surface area contributed by atoms with E-state index in [1.807, 2.05) is 0 Å². The molecule has 3 nitrogen and oxygen atoms in total. The van der Waals surface area contributed by atoms with E-state index in [1.165, 1.54) is 0 Å². The zero-order chi connectivity index (χ0) is 18.1. The van der Waals surface area contributed by atoms with Gasteiger partial charge in [-0.25, -0.2) is 22.0 Å². The normalized spacial score (nSPS) is 11.5. The van der Waals surface area contributed by atoms with Crippen molar-refractivity contribution in [2.75, 3.05) is 0 Å². The minimum Gasteiger partial charge on any atom is -0.423 e. The predicted molar refractivity (Wildman–Crippen MR) is 66.9 cm³/mol. The third-order valence-corrected chi connectivity index (χ3v) is 2.61. The van der Waals surface area contributed by atoms with Gasteiger partial charge in [0.2, 0.25) is 0 Å². The third-order valence-electron chi connectivity index (χ3n) is 2.61. The Morgan fingerprint density at radius 2 is 1.33 bits per heavy atom. The number of rotatable bonds is 5. The van der Waals surface area contributed by atoms with Gasteiger partial charge in [-0.15, -0.1) is 8.78 Å². The van der Waals surface area contributed by atoms with Crippen LogP contribution in [0.5, 0.6) is 5.75 Å². The fourth-order valence-electron chi connectivity index (χ4n) is 1.67. The Morgan fingerprint density at radius 3 is 1.83 bits per heavy atom. The first kappa shape index (κ1) is 18.1. The van der Waals surface area contributed by atoms with Gasteiger partial charge in [0.15, 0.2) is 17.5 Å². The summed E-state index contributed by atoms with van der Waals surface area (Å²) >= 11 is 0. The van der Waals surface area contributed by atoms with Gasteiger partial charge in [0, 0.05) is 18.2 Å². The molecule has 11 heteroatoms. The Morgan fingerprint density at radius 1 is 0.833 bits per heavy atom. The molecule has 0 saturated heterocycles. The quantitative estimate of drug-likeness (QED) is 0.389. The Bertz CT molecular complexity index is 713. The highest BCUT2D eigenvalue weighted by molar-refractivity contribution is 6.60. The third kappa shape index (κ3) is 4.39. The van der Waals surface area contributed by atoms with Gasteiger partial charge in [0.25, 0.3) is 0 Å². The van der Waals surface area contributed by atoms with E-state index in [9.17, 15) is 35.8 Å².